The zero-order valence-electron chi connectivity index (χ0n) is 9.00. The van der Waals surface area contributed by atoms with E-state index >= 15 is 0 Å². The van der Waals surface area contributed by atoms with Crippen LogP contribution in [0, 0.1) is 11.8 Å². The zero-order chi connectivity index (χ0) is 9.68. The second kappa shape index (κ2) is 5.61. The molecule has 0 saturated heterocycles. The van der Waals surface area contributed by atoms with Crippen LogP contribution in [0.3, 0.4) is 0 Å². The molecule has 0 amide bonds. The Kier molecular flexibility index (Phi) is 4.74. The van der Waals surface area contributed by atoms with Gasteiger partial charge >= 0.3 is 0 Å². The molecule has 13 heavy (non-hydrogen) atoms. The van der Waals surface area contributed by atoms with Crippen LogP contribution in [-0.4, -0.2) is 36.8 Å². The molecule has 0 aromatic carbocycles. The SMILES string of the molecule is CCN(C)CC1CCC(CO)CC1. The Morgan fingerprint density at radius 1 is 1.15 bits per heavy atom. The fraction of sp³-hybridized carbons (Fsp3) is 1.00. The Morgan fingerprint density at radius 2 is 1.69 bits per heavy atom. The van der Waals surface area contributed by atoms with Crippen LogP contribution in [0.25, 0.3) is 0 Å². The number of aliphatic hydroxyl groups is 1. The highest BCUT2D eigenvalue weighted by atomic mass is 16.3. The normalized spacial score (nSPS) is 29.5. The Balaban J connectivity index is 2.17. The Labute approximate surface area is 81.9 Å². The summed E-state index contributed by atoms with van der Waals surface area (Å²) in [6.45, 7) is 5.00. The molecule has 0 spiro atoms. The summed E-state index contributed by atoms with van der Waals surface area (Å²) >= 11 is 0. The molecule has 1 N–H and O–H groups in total. The minimum atomic E-state index is 0.399. The average Bonchev–Trinajstić information content (AvgIpc) is 2.19. The number of nitrogens with zero attached hydrogens (tertiary/aromatic N) is 1. The van der Waals surface area contributed by atoms with Gasteiger partial charge in [0, 0.05) is 13.2 Å². The first kappa shape index (κ1) is 11.0. The molecule has 0 heterocycles. The molecule has 0 atom stereocenters. The number of aliphatic hydroxyl groups excluding tert-OH is 1. The molecule has 2 heteroatoms. The lowest BCUT2D eigenvalue weighted by Crippen LogP contribution is -2.28. The van der Waals surface area contributed by atoms with Crippen LogP contribution in [0.5, 0.6) is 0 Å². The third kappa shape index (κ3) is 3.65. The monoisotopic (exact) mass is 185 g/mol. The van der Waals surface area contributed by atoms with Crippen molar-refractivity contribution in [2.45, 2.75) is 32.6 Å². The molecule has 0 bridgehead atoms. The highest BCUT2D eigenvalue weighted by Gasteiger charge is 2.20. The van der Waals surface area contributed by atoms with E-state index in [1.165, 1.54) is 32.2 Å². The lowest BCUT2D eigenvalue weighted by molar-refractivity contribution is 0.150. The summed E-state index contributed by atoms with van der Waals surface area (Å²) in [6.07, 6.45) is 5.10. The van der Waals surface area contributed by atoms with Crippen molar-refractivity contribution >= 4 is 0 Å². The predicted molar refractivity (Wildman–Crippen MR) is 55.7 cm³/mol. The van der Waals surface area contributed by atoms with Crippen LogP contribution in [0.1, 0.15) is 32.6 Å². The van der Waals surface area contributed by atoms with Gasteiger partial charge in [-0.15, -0.1) is 0 Å². The van der Waals surface area contributed by atoms with E-state index in [9.17, 15) is 0 Å². The molecule has 78 valence electrons. The summed E-state index contributed by atoms with van der Waals surface area (Å²) in [6, 6.07) is 0. The summed E-state index contributed by atoms with van der Waals surface area (Å²) in [5.74, 6) is 1.48. The third-order valence-corrected chi connectivity index (χ3v) is 3.33. The molecule has 1 aliphatic rings. The van der Waals surface area contributed by atoms with Crippen molar-refractivity contribution in [3.05, 3.63) is 0 Å². The number of hydrogen-bond donors (Lipinski definition) is 1. The van der Waals surface area contributed by atoms with Crippen molar-refractivity contribution in [1.29, 1.82) is 0 Å². The van der Waals surface area contributed by atoms with Gasteiger partial charge < -0.3 is 10.0 Å². The van der Waals surface area contributed by atoms with Gasteiger partial charge in [0.1, 0.15) is 0 Å². The molecular formula is C11H23NO. The van der Waals surface area contributed by atoms with Gasteiger partial charge in [-0.2, -0.15) is 0 Å². The van der Waals surface area contributed by atoms with E-state index < -0.39 is 0 Å². The van der Waals surface area contributed by atoms with Gasteiger partial charge in [-0.05, 0) is 51.1 Å². The van der Waals surface area contributed by atoms with Crippen molar-refractivity contribution in [1.82, 2.24) is 4.90 Å². The Hall–Kier alpha value is -0.0800. The number of rotatable bonds is 4. The minimum absolute atomic E-state index is 0.399. The fourth-order valence-corrected chi connectivity index (χ4v) is 2.17. The van der Waals surface area contributed by atoms with E-state index in [2.05, 4.69) is 18.9 Å². The lowest BCUT2D eigenvalue weighted by Gasteiger charge is -2.30. The molecule has 0 aromatic heterocycles. The van der Waals surface area contributed by atoms with Crippen molar-refractivity contribution < 1.29 is 5.11 Å². The molecule has 0 aromatic rings. The van der Waals surface area contributed by atoms with E-state index in [4.69, 9.17) is 5.11 Å². The number of hydrogen-bond acceptors (Lipinski definition) is 2. The first-order valence-corrected chi connectivity index (χ1v) is 5.55. The van der Waals surface area contributed by atoms with Gasteiger partial charge in [-0.3, -0.25) is 0 Å². The maximum absolute atomic E-state index is 8.99. The molecule has 1 aliphatic carbocycles. The van der Waals surface area contributed by atoms with Gasteiger partial charge in [-0.25, -0.2) is 0 Å². The van der Waals surface area contributed by atoms with Gasteiger partial charge in [0.2, 0.25) is 0 Å². The zero-order valence-corrected chi connectivity index (χ0v) is 9.00. The van der Waals surface area contributed by atoms with Gasteiger partial charge in [-0.1, -0.05) is 6.92 Å². The van der Waals surface area contributed by atoms with Gasteiger partial charge in [0.15, 0.2) is 0 Å². The summed E-state index contributed by atoms with van der Waals surface area (Å²) < 4.78 is 0. The van der Waals surface area contributed by atoms with Gasteiger partial charge in [0.05, 0.1) is 0 Å². The Morgan fingerprint density at radius 3 is 2.15 bits per heavy atom. The van der Waals surface area contributed by atoms with Crippen molar-refractivity contribution in [2.75, 3.05) is 26.7 Å². The van der Waals surface area contributed by atoms with Crippen LogP contribution in [0.15, 0.2) is 0 Å². The van der Waals surface area contributed by atoms with E-state index in [1.54, 1.807) is 0 Å². The highest BCUT2D eigenvalue weighted by Crippen LogP contribution is 2.28. The molecular weight excluding hydrogens is 162 g/mol. The van der Waals surface area contributed by atoms with Crippen molar-refractivity contribution in [2.24, 2.45) is 11.8 Å². The van der Waals surface area contributed by atoms with Crippen molar-refractivity contribution in [3.8, 4) is 0 Å². The quantitative estimate of drug-likeness (QED) is 0.721. The van der Waals surface area contributed by atoms with E-state index in [0.29, 0.717) is 12.5 Å². The summed E-state index contributed by atoms with van der Waals surface area (Å²) in [7, 11) is 2.19. The second-order valence-electron chi connectivity index (χ2n) is 4.42. The standard InChI is InChI=1S/C11H23NO/c1-3-12(2)8-10-4-6-11(9-13)7-5-10/h10-11,13H,3-9H2,1-2H3. The lowest BCUT2D eigenvalue weighted by atomic mass is 9.82. The average molecular weight is 185 g/mol. The largest absolute Gasteiger partial charge is 0.396 e. The van der Waals surface area contributed by atoms with E-state index in [0.717, 1.165) is 12.5 Å². The fourth-order valence-electron chi connectivity index (χ4n) is 2.17. The molecule has 2 nitrogen and oxygen atoms in total. The van der Waals surface area contributed by atoms with E-state index in [1.807, 2.05) is 0 Å². The second-order valence-corrected chi connectivity index (χ2v) is 4.42. The summed E-state index contributed by atoms with van der Waals surface area (Å²) in [4.78, 5) is 2.39. The van der Waals surface area contributed by atoms with Crippen LogP contribution in [0.4, 0.5) is 0 Å². The van der Waals surface area contributed by atoms with Crippen LogP contribution in [-0.2, 0) is 0 Å². The predicted octanol–water partition coefficient (Wildman–Crippen LogP) is 1.74. The van der Waals surface area contributed by atoms with Gasteiger partial charge in [0.25, 0.3) is 0 Å². The van der Waals surface area contributed by atoms with Crippen LogP contribution < -0.4 is 0 Å². The van der Waals surface area contributed by atoms with Crippen LogP contribution in [0.2, 0.25) is 0 Å². The molecule has 1 saturated carbocycles. The third-order valence-electron chi connectivity index (χ3n) is 3.33. The van der Waals surface area contributed by atoms with Crippen molar-refractivity contribution in [3.63, 3.8) is 0 Å². The molecule has 1 fully saturated rings. The summed E-state index contributed by atoms with van der Waals surface area (Å²) in [5.41, 5.74) is 0. The minimum Gasteiger partial charge on any atom is -0.396 e. The smallest absolute Gasteiger partial charge is 0.0459 e. The summed E-state index contributed by atoms with van der Waals surface area (Å²) in [5, 5.41) is 8.99. The molecule has 0 radical (unpaired) electrons. The molecule has 1 rings (SSSR count). The maximum atomic E-state index is 8.99. The van der Waals surface area contributed by atoms with E-state index in [-0.39, 0.29) is 0 Å². The molecule has 0 aliphatic heterocycles. The molecule has 0 unspecified atom stereocenters. The first-order chi connectivity index (χ1) is 6.26. The van der Waals surface area contributed by atoms with Crippen LogP contribution >= 0.6 is 0 Å². The first-order valence-electron chi connectivity index (χ1n) is 5.55. The maximum Gasteiger partial charge on any atom is 0.0459 e. The Bertz CT molecular complexity index is 130. The topological polar surface area (TPSA) is 23.5 Å². The highest BCUT2D eigenvalue weighted by molar-refractivity contribution is 4.73.